The van der Waals surface area contributed by atoms with Crippen LogP contribution in [0.2, 0.25) is 5.02 Å². The van der Waals surface area contributed by atoms with Gasteiger partial charge in [-0.1, -0.05) is 23.7 Å². The zero-order valence-electron chi connectivity index (χ0n) is 8.99. The molecule has 16 heavy (non-hydrogen) atoms. The molecule has 3 nitrogen and oxygen atoms in total. The van der Waals surface area contributed by atoms with Gasteiger partial charge in [0.1, 0.15) is 0 Å². The minimum atomic E-state index is 0.458. The van der Waals surface area contributed by atoms with Crippen molar-refractivity contribution in [3.8, 4) is 0 Å². The Hall–Kier alpha value is -1.22. The predicted molar refractivity (Wildman–Crippen MR) is 65.8 cm³/mol. The zero-order chi connectivity index (χ0) is 11.0. The molecule has 0 aromatic heterocycles. The Kier molecular flexibility index (Phi) is 2.48. The summed E-state index contributed by atoms with van der Waals surface area (Å²) >= 11 is 5.91. The number of aliphatic imine (C=N–C) groups is 1. The van der Waals surface area contributed by atoms with Crippen LogP contribution < -0.4 is 5.32 Å². The van der Waals surface area contributed by atoms with Gasteiger partial charge in [-0.3, -0.25) is 4.99 Å². The van der Waals surface area contributed by atoms with Crippen molar-refractivity contribution in [2.24, 2.45) is 4.99 Å². The fourth-order valence-electron chi connectivity index (χ4n) is 2.43. The first-order chi connectivity index (χ1) is 7.84. The van der Waals surface area contributed by atoms with Crippen molar-refractivity contribution in [2.45, 2.75) is 12.5 Å². The van der Waals surface area contributed by atoms with Crippen LogP contribution in [0.1, 0.15) is 18.0 Å². The van der Waals surface area contributed by atoms with Crippen LogP contribution >= 0.6 is 11.6 Å². The van der Waals surface area contributed by atoms with Gasteiger partial charge in [-0.15, -0.1) is 0 Å². The lowest BCUT2D eigenvalue weighted by Gasteiger charge is -2.32. The summed E-state index contributed by atoms with van der Waals surface area (Å²) in [6.45, 7) is 2.96. The Morgan fingerprint density at radius 3 is 2.94 bits per heavy atom. The van der Waals surface area contributed by atoms with Crippen molar-refractivity contribution in [3.63, 3.8) is 0 Å². The molecule has 1 saturated heterocycles. The van der Waals surface area contributed by atoms with Gasteiger partial charge in [0.25, 0.3) is 0 Å². The Balaban J connectivity index is 1.89. The smallest absolute Gasteiger partial charge is 0.194 e. The molecule has 0 amide bonds. The van der Waals surface area contributed by atoms with Crippen LogP contribution in [0, 0.1) is 0 Å². The molecule has 1 atom stereocenters. The summed E-state index contributed by atoms with van der Waals surface area (Å²) in [6, 6.07) is 8.62. The number of benzene rings is 1. The Morgan fingerprint density at radius 2 is 2.12 bits per heavy atom. The van der Waals surface area contributed by atoms with E-state index in [1.165, 1.54) is 5.56 Å². The van der Waals surface area contributed by atoms with Gasteiger partial charge >= 0.3 is 0 Å². The third-order valence-electron chi connectivity index (χ3n) is 3.20. The molecule has 1 N–H and O–H groups in total. The Morgan fingerprint density at radius 1 is 1.31 bits per heavy atom. The first-order valence-electron chi connectivity index (χ1n) is 5.65. The van der Waals surface area contributed by atoms with E-state index in [-0.39, 0.29) is 0 Å². The van der Waals surface area contributed by atoms with Crippen molar-refractivity contribution in [1.82, 2.24) is 10.2 Å². The molecule has 0 aliphatic carbocycles. The van der Waals surface area contributed by atoms with E-state index in [1.807, 2.05) is 12.1 Å². The number of hydrogen-bond acceptors (Lipinski definition) is 3. The molecule has 4 heteroatoms. The molecule has 84 valence electrons. The number of nitrogens with zero attached hydrogens (tertiary/aromatic N) is 2. The number of guanidine groups is 1. The lowest BCUT2D eigenvalue weighted by Crippen LogP contribution is -2.37. The van der Waals surface area contributed by atoms with Gasteiger partial charge in [-0.2, -0.15) is 0 Å². The molecule has 0 bridgehead atoms. The zero-order valence-corrected chi connectivity index (χ0v) is 9.74. The van der Waals surface area contributed by atoms with Crippen molar-refractivity contribution < 1.29 is 0 Å². The quantitative estimate of drug-likeness (QED) is 0.807. The van der Waals surface area contributed by atoms with Crippen molar-refractivity contribution in [3.05, 3.63) is 34.9 Å². The molecule has 0 radical (unpaired) electrons. The monoisotopic (exact) mass is 235 g/mol. The molecule has 2 heterocycles. The van der Waals surface area contributed by atoms with Crippen LogP contribution in [-0.2, 0) is 0 Å². The second-order valence-corrected chi connectivity index (χ2v) is 4.62. The third kappa shape index (κ3) is 1.65. The molecular weight excluding hydrogens is 222 g/mol. The van der Waals surface area contributed by atoms with Gasteiger partial charge in [-0.05, 0) is 24.1 Å². The predicted octanol–water partition coefficient (Wildman–Crippen LogP) is 2.05. The molecule has 1 fully saturated rings. The summed E-state index contributed by atoms with van der Waals surface area (Å²) in [7, 11) is 0. The van der Waals surface area contributed by atoms with Crippen LogP contribution in [0.4, 0.5) is 0 Å². The average molecular weight is 236 g/mol. The van der Waals surface area contributed by atoms with Gasteiger partial charge in [0, 0.05) is 24.7 Å². The molecule has 0 saturated carbocycles. The molecule has 2 aliphatic rings. The summed E-state index contributed by atoms with van der Waals surface area (Å²) in [5.41, 5.74) is 1.33. The normalized spacial score (nSPS) is 23.7. The van der Waals surface area contributed by atoms with Crippen molar-refractivity contribution in [1.29, 1.82) is 0 Å². The largest absolute Gasteiger partial charge is 0.354 e. The molecular formula is C12H14ClN3. The molecule has 1 aromatic carbocycles. The van der Waals surface area contributed by atoms with Crippen LogP contribution in [0.15, 0.2) is 29.3 Å². The highest BCUT2D eigenvalue weighted by Gasteiger charge is 2.29. The number of nitrogens with one attached hydrogen (secondary N) is 1. The summed E-state index contributed by atoms with van der Waals surface area (Å²) in [6.07, 6.45) is 1.09. The second kappa shape index (κ2) is 3.98. The van der Waals surface area contributed by atoms with Crippen molar-refractivity contribution >= 4 is 17.6 Å². The van der Waals surface area contributed by atoms with Crippen LogP contribution in [0.3, 0.4) is 0 Å². The standard InChI is InChI=1S/C12H14ClN3/c13-10-3-1-9(2-4-10)11-5-6-14-12-15-7-8-16(11)12/h1-4,11H,5-8H2,(H,14,15). The van der Waals surface area contributed by atoms with Gasteiger partial charge in [0.05, 0.1) is 6.04 Å². The van der Waals surface area contributed by atoms with E-state index in [2.05, 4.69) is 27.3 Å². The fourth-order valence-corrected chi connectivity index (χ4v) is 2.55. The molecule has 1 unspecified atom stereocenters. The maximum Gasteiger partial charge on any atom is 0.194 e. The Bertz CT molecular complexity index is 413. The first-order valence-corrected chi connectivity index (χ1v) is 6.03. The first kappa shape index (κ1) is 9.97. The highest BCUT2D eigenvalue weighted by atomic mass is 35.5. The minimum Gasteiger partial charge on any atom is -0.354 e. The second-order valence-electron chi connectivity index (χ2n) is 4.18. The average Bonchev–Trinajstić information content (AvgIpc) is 2.78. The van der Waals surface area contributed by atoms with Gasteiger partial charge in [0.15, 0.2) is 5.96 Å². The van der Waals surface area contributed by atoms with E-state index in [0.29, 0.717) is 6.04 Å². The maximum absolute atomic E-state index is 5.91. The van der Waals surface area contributed by atoms with Crippen LogP contribution in [0.5, 0.6) is 0 Å². The summed E-state index contributed by atoms with van der Waals surface area (Å²) in [5.74, 6) is 1.06. The highest BCUT2D eigenvalue weighted by molar-refractivity contribution is 6.30. The van der Waals surface area contributed by atoms with Crippen LogP contribution in [-0.4, -0.2) is 30.5 Å². The lowest BCUT2D eigenvalue weighted by molar-refractivity contribution is 0.314. The summed E-state index contributed by atoms with van der Waals surface area (Å²) in [5, 5.41) is 4.12. The third-order valence-corrected chi connectivity index (χ3v) is 3.45. The minimum absolute atomic E-state index is 0.458. The van der Waals surface area contributed by atoms with Gasteiger partial charge in [0.2, 0.25) is 0 Å². The van der Waals surface area contributed by atoms with E-state index in [0.717, 1.165) is 37.0 Å². The van der Waals surface area contributed by atoms with E-state index in [9.17, 15) is 0 Å². The van der Waals surface area contributed by atoms with Gasteiger partial charge in [-0.25, -0.2) is 0 Å². The number of fused-ring (bicyclic) bond motifs is 1. The SMILES string of the molecule is Clc1ccc(C2CCN=C3NCCN32)cc1. The Labute approximate surface area is 100 Å². The van der Waals surface area contributed by atoms with E-state index >= 15 is 0 Å². The fraction of sp³-hybridized carbons (Fsp3) is 0.417. The summed E-state index contributed by atoms with van der Waals surface area (Å²) in [4.78, 5) is 6.84. The molecule has 3 rings (SSSR count). The van der Waals surface area contributed by atoms with Crippen LogP contribution in [0.25, 0.3) is 0 Å². The van der Waals surface area contributed by atoms with E-state index in [1.54, 1.807) is 0 Å². The molecule has 2 aliphatic heterocycles. The topological polar surface area (TPSA) is 27.6 Å². The maximum atomic E-state index is 5.91. The molecule has 0 spiro atoms. The summed E-state index contributed by atoms with van der Waals surface area (Å²) < 4.78 is 0. The van der Waals surface area contributed by atoms with Crippen molar-refractivity contribution in [2.75, 3.05) is 19.6 Å². The number of halogens is 1. The van der Waals surface area contributed by atoms with E-state index < -0.39 is 0 Å². The highest BCUT2D eigenvalue weighted by Crippen LogP contribution is 2.29. The van der Waals surface area contributed by atoms with E-state index in [4.69, 9.17) is 11.6 Å². The number of hydrogen-bond donors (Lipinski definition) is 1. The van der Waals surface area contributed by atoms with Gasteiger partial charge < -0.3 is 10.2 Å². The molecule has 1 aromatic rings. The number of rotatable bonds is 1. The lowest BCUT2D eigenvalue weighted by atomic mass is 10.0.